The predicted octanol–water partition coefficient (Wildman–Crippen LogP) is 2.81. The van der Waals surface area contributed by atoms with Crippen LogP contribution in [0, 0.1) is 0 Å². The number of nitrogens with one attached hydrogen (secondary N) is 1. The van der Waals surface area contributed by atoms with Crippen molar-refractivity contribution in [2.24, 2.45) is 0 Å². The molecule has 2 aromatic rings. The summed E-state index contributed by atoms with van der Waals surface area (Å²) in [5.74, 6) is 2.44. The molecule has 124 valence electrons. The van der Waals surface area contributed by atoms with Crippen molar-refractivity contribution in [2.75, 3.05) is 6.54 Å². The smallest absolute Gasteiger partial charge is 0.273 e. The van der Waals surface area contributed by atoms with Crippen LogP contribution in [0.2, 0.25) is 0 Å². The number of carbonyl (C=O) groups excluding carboxylic acids is 1. The van der Waals surface area contributed by atoms with E-state index in [0.717, 1.165) is 18.7 Å². The van der Waals surface area contributed by atoms with Gasteiger partial charge in [0.15, 0.2) is 11.5 Å². The van der Waals surface area contributed by atoms with E-state index in [1.54, 1.807) is 6.07 Å². The fourth-order valence-electron chi connectivity index (χ4n) is 2.75. The predicted molar refractivity (Wildman–Crippen MR) is 82.1 cm³/mol. The molecule has 0 radical (unpaired) electrons. The highest BCUT2D eigenvalue weighted by Crippen LogP contribution is 2.32. The first-order valence-electron chi connectivity index (χ1n) is 8.20. The monoisotopic (exact) mass is 318 g/mol. The summed E-state index contributed by atoms with van der Waals surface area (Å²) >= 11 is 0. The van der Waals surface area contributed by atoms with Crippen LogP contribution in [-0.4, -0.2) is 27.7 Å². The van der Waals surface area contributed by atoms with E-state index in [9.17, 15) is 4.79 Å². The third-order valence-corrected chi connectivity index (χ3v) is 4.15. The molecule has 23 heavy (non-hydrogen) atoms. The van der Waals surface area contributed by atoms with Crippen molar-refractivity contribution in [1.82, 2.24) is 20.6 Å². The number of rotatable bonds is 6. The number of nitrogens with zero attached hydrogens (tertiary/aromatic N) is 3. The summed E-state index contributed by atoms with van der Waals surface area (Å²) in [6, 6.07) is 1.67. The summed E-state index contributed by atoms with van der Waals surface area (Å²) in [6.07, 6.45) is 5.26. The quantitative estimate of drug-likeness (QED) is 0.880. The Morgan fingerprint density at radius 3 is 2.78 bits per heavy atom. The SMILES string of the molecule is CC(C)c1cc(C(=O)NCCc2noc(C3CCCC3)n2)no1. The average Bonchev–Trinajstić information content (AvgIpc) is 3.27. The van der Waals surface area contributed by atoms with Crippen LogP contribution in [0.15, 0.2) is 15.1 Å². The third-order valence-electron chi connectivity index (χ3n) is 4.15. The molecule has 0 bridgehead atoms. The molecule has 0 unspecified atom stereocenters. The van der Waals surface area contributed by atoms with E-state index >= 15 is 0 Å². The standard InChI is InChI=1S/C16H22N4O3/c1-10(2)13-9-12(19-22-13)15(21)17-8-7-14-18-16(23-20-14)11-5-3-4-6-11/h9-11H,3-8H2,1-2H3,(H,17,21). The summed E-state index contributed by atoms with van der Waals surface area (Å²) in [5, 5.41) is 10.6. The molecule has 1 N–H and O–H groups in total. The van der Waals surface area contributed by atoms with Crippen LogP contribution in [0.1, 0.15) is 79.3 Å². The second-order valence-electron chi connectivity index (χ2n) is 6.31. The van der Waals surface area contributed by atoms with Gasteiger partial charge in [0.1, 0.15) is 5.76 Å². The number of carbonyl (C=O) groups is 1. The molecule has 0 atom stereocenters. The first-order valence-corrected chi connectivity index (χ1v) is 8.20. The lowest BCUT2D eigenvalue weighted by Gasteiger charge is -2.00. The molecule has 1 aliphatic rings. The minimum Gasteiger partial charge on any atom is -0.360 e. The van der Waals surface area contributed by atoms with Gasteiger partial charge in [0, 0.05) is 30.9 Å². The number of hydrogen-bond acceptors (Lipinski definition) is 6. The normalized spacial score (nSPS) is 15.4. The molecule has 0 saturated heterocycles. The van der Waals surface area contributed by atoms with Crippen LogP contribution in [0.5, 0.6) is 0 Å². The fraction of sp³-hybridized carbons (Fsp3) is 0.625. The van der Waals surface area contributed by atoms with Crippen LogP contribution in [0.3, 0.4) is 0 Å². The maximum Gasteiger partial charge on any atom is 0.273 e. The highest BCUT2D eigenvalue weighted by molar-refractivity contribution is 5.92. The molecule has 0 aromatic carbocycles. The summed E-state index contributed by atoms with van der Waals surface area (Å²) in [7, 11) is 0. The molecule has 1 aliphatic carbocycles. The number of amides is 1. The molecule has 1 saturated carbocycles. The molecule has 3 rings (SSSR count). The molecule has 7 nitrogen and oxygen atoms in total. The molecule has 0 aliphatic heterocycles. The molecule has 1 fully saturated rings. The Morgan fingerprint density at radius 1 is 1.30 bits per heavy atom. The zero-order valence-electron chi connectivity index (χ0n) is 13.5. The molecular weight excluding hydrogens is 296 g/mol. The first kappa shape index (κ1) is 15.7. The van der Waals surface area contributed by atoms with E-state index in [1.165, 1.54) is 12.8 Å². The summed E-state index contributed by atoms with van der Waals surface area (Å²) in [6.45, 7) is 4.41. The minimum atomic E-state index is -0.250. The van der Waals surface area contributed by atoms with Gasteiger partial charge in [0.25, 0.3) is 5.91 Å². The lowest BCUT2D eigenvalue weighted by Crippen LogP contribution is -2.26. The topological polar surface area (TPSA) is 94.1 Å². The number of aromatic nitrogens is 3. The Balaban J connectivity index is 1.47. The van der Waals surface area contributed by atoms with Gasteiger partial charge in [-0.25, -0.2) is 0 Å². The fourth-order valence-corrected chi connectivity index (χ4v) is 2.75. The maximum absolute atomic E-state index is 12.0. The number of hydrogen-bond donors (Lipinski definition) is 1. The van der Waals surface area contributed by atoms with E-state index < -0.39 is 0 Å². The highest BCUT2D eigenvalue weighted by atomic mass is 16.5. The third kappa shape index (κ3) is 3.78. The van der Waals surface area contributed by atoms with Gasteiger partial charge in [-0.05, 0) is 12.8 Å². The molecule has 2 aromatic heterocycles. The van der Waals surface area contributed by atoms with Crippen molar-refractivity contribution < 1.29 is 13.8 Å². The molecular formula is C16H22N4O3. The van der Waals surface area contributed by atoms with Gasteiger partial charge in [-0.3, -0.25) is 4.79 Å². The van der Waals surface area contributed by atoms with Crippen LogP contribution < -0.4 is 5.32 Å². The van der Waals surface area contributed by atoms with Gasteiger partial charge < -0.3 is 14.4 Å². The van der Waals surface area contributed by atoms with E-state index in [1.807, 2.05) is 13.8 Å². The van der Waals surface area contributed by atoms with Crippen LogP contribution >= 0.6 is 0 Å². The van der Waals surface area contributed by atoms with Gasteiger partial charge in [0.05, 0.1) is 0 Å². The van der Waals surface area contributed by atoms with Crippen molar-refractivity contribution >= 4 is 5.91 Å². The largest absolute Gasteiger partial charge is 0.360 e. The van der Waals surface area contributed by atoms with Crippen LogP contribution in [0.25, 0.3) is 0 Å². The van der Waals surface area contributed by atoms with E-state index in [0.29, 0.717) is 36.2 Å². The Bertz CT molecular complexity index is 656. The van der Waals surface area contributed by atoms with E-state index in [2.05, 4.69) is 20.6 Å². The van der Waals surface area contributed by atoms with Gasteiger partial charge in [-0.15, -0.1) is 0 Å². The second kappa shape index (κ2) is 6.93. The Hall–Kier alpha value is -2.18. The van der Waals surface area contributed by atoms with Crippen molar-refractivity contribution in [1.29, 1.82) is 0 Å². The van der Waals surface area contributed by atoms with Gasteiger partial charge >= 0.3 is 0 Å². The van der Waals surface area contributed by atoms with Crippen molar-refractivity contribution in [2.45, 2.75) is 57.8 Å². The summed E-state index contributed by atoms with van der Waals surface area (Å²) in [4.78, 5) is 16.4. The van der Waals surface area contributed by atoms with Gasteiger partial charge in [-0.1, -0.05) is 37.0 Å². The first-order chi connectivity index (χ1) is 11.1. The summed E-state index contributed by atoms with van der Waals surface area (Å²) in [5.41, 5.74) is 0.299. The van der Waals surface area contributed by atoms with Crippen molar-refractivity contribution in [3.05, 3.63) is 29.2 Å². The minimum absolute atomic E-state index is 0.206. The average molecular weight is 318 g/mol. The molecule has 2 heterocycles. The maximum atomic E-state index is 12.0. The van der Waals surface area contributed by atoms with E-state index in [4.69, 9.17) is 9.05 Å². The van der Waals surface area contributed by atoms with E-state index in [-0.39, 0.29) is 11.8 Å². The lowest BCUT2D eigenvalue weighted by atomic mass is 10.1. The van der Waals surface area contributed by atoms with Crippen molar-refractivity contribution in [3.63, 3.8) is 0 Å². The van der Waals surface area contributed by atoms with Gasteiger partial charge in [0.2, 0.25) is 5.89 Å². The molecule has 0 spiro atoms. The van der Waals surface area contributed by atoms with Crippen molar-refractivity contribution in [3.8, 4) is 0 Å². The zero-order valence-corrected chi connectivity index (χ0v) is 13.5. The highest BCUT2D eigenvalue weighted by Gasteiger charge is 2.23. The molecule has 7 heteroatoms. The van der Waals surface area contributed by atoms with Crippen LogP contribution in [0.4, 0.5) is 0 Å². The van der Waals surface area contributed by atoms with Crippen LogP contribution in [-0.2, 0) is 6.42 Å². The summed E-state index contributed by atoms with van der Waals surface area (Å²) < 4.78 is 10.4. The Kier molecular flexibility index (Phi) is 4.73. The lowest BCUT2D eigenvalue weighted by molar-refractivity contribution is 0.0944. The zero-order chi connectivity index (χ0) is 16.2. The molecule has 1 amide bonds. The second-order valence-corrected chi connectivity index (χ2v) is 6.31. The van der Waals surface area contributed by atoms with Gasteiger partial charge in [-0.2, -0.15) is 4.98 Å². The Labute approximate surface area is 134 Å². The Morgan fingerprint density at radius 2 is 2.09 bits per heavy atom.